The van der Waals surface area contributed by atoms with Crippen molar-refractivity contribution >= 4 is 17.5 Å². The number of carbonyl (C=O) groups excluding carboxylic acids is 2. The molecule has 2 N–H and O–H groups in total. The van der Waals surface area contributed by atoms with E-state index in [9.17, 15) is 9.59 Å². The number of hydrogen-bond donors (Lipinski definition) is 2. The van der Waals surface area contributed by atoms with E-state index in [0.29, 0.717) is 11.3 Å². The van der Waals surface area contributed by atoms with Crippen molar-refractivity contribution in [2.75, 3.05) is 19.5 Å². The number of ether oxygens (including phenoxy) is 1. The molecule has 0 saturated heterocycles. The van der Waals surface area contributed by atoms with E-state index in [2.05, 4.69) is 10.6 Å². The van der Waals surface area contributed by atoms with Crippen LogP contribution in [-0.2, 0) is 11.2 Å². The van der Waals surface area contributed by atoms with Crippen molar-refractivity contribution in [3.63, 3.8) is 0 Å². The summed E-state index contributed by atoms with van der Waals surface area (Å²) in [7, 11) is 3.17. The molecule has 2 aromatic rings. The molecule has 0 spiro atoms. The lowest BCUT2D eigenvalue weighted by Crippen LogP contribution is -2.19. The van der Waals surface area contributed by atoms with E-state index < -0.39 is 0 Å². The van der Waals surface area contributed by atoms with Gasteiger partial charge in [-0.1, -0.05) is 18.2 Å². The second-order valence-corrected chi connectivity index (χ2v) is 4.73. The Morgan fingerprint density at radius 1 is 1.09 bits per heavy atom. The molecular weight excluding hydrogens is 280 g/mol. The number of rotatable bonds is 5. The molecule has 22 heavy (non-hydrogen) atoms. The van der Waals surface area contributed by atoms with Crippen molar-refractivity contribution in [3.8, 4) is 5.75 Å². The number of benzene rings is 2. The molecule has 114 valence electrons. The number of anilines is 1. The largest absolute Gasteiger partial charge is 0.497 e. The van der Waals surface area contributed by atoms with Crippen molar-refractivity contribution in [3.05, 3.63) is 59.7 Å². The predicted octanol–water partition coefficient (Wildman–Crippen LogP) is 2.24. The third-order valence-electron chi connectivity index (χ3n) is 3.16. The van der Waals surface area contributed by atoms with Crippen molar-refractivity contribution < 1.29 is 14.3 Å². The number of nitrogens with one attached hydrogen (secondary N) is 2. The Morgan fingerprint density at radius 3 is 2.45 bits per heavy atom. The van der Waals surface area contributed by atoms with Crippen LogP contribution in [-0.4, -0.2) is 26.0 Å². The van der Waals surface area contributed by atoms with Crippen LogP contribution in [0.3, 0.4) is 0 Å². The van der Waals surface area contributed by atoms with Gasteiger partial charge in [0.05, 0.1) is 13.5 Å². The van der Waals surface area contributed by atoms with Crippen LogP contribution in [0.4, 0.5) is 5.69 Å². The molecule has 5 nitrogen and oxygen atoms in total. The van der Waals surface area contributed by atoms with Gasteiger partial charge in [0.2, 0.25) is 5.91 Å². The van der Waals surface area contributed by atoms with Crippen LogP contribution in [0.5, 0.6) is 5.75 Å². The summed E-state index contributed by atoms with van der Waals surface area (Å²) in [5.74, 6) is 0.424. The summed E-state index contributed by atoms with van der Waals surface area (Å²) in [5, 5.41) is 5.34. The summed E-state index contributed by atoms with van der Waals surface area (Å²) in [6.07, 6.45) is 0.258. The fourth-order valence-corrected chi connectivity index (χ4v) is 2.02. The molecule has 0 aliphatic rings. The van der Waals surface area contributed by atoms with Gasteiger partial charge >= 0.3 is 0 Å². The van der Waals surface area contributed by atoms with E-state index in [1.165, 1.54) is 0 Å². The van der Waals surface area contributed by atoms with Gasteiger partial charge in [-0.2, -0.15) is 0 Å². The van der Waals surface area contributed by atoms with E-state index in [-0.39, 0.29) is 18.2 Å². The van der Waals surface area contributed by atoms with Gasteiger partial charge < -0.3 is 15.4 Å². The quantitative estimate of drug-likeness (QED) is 0.889. The third kappa shape index (κ3) is 4.09. The maximum Gasteiger partial charge on any atom is 0.251 e. The van der Waals surface area contributed by atoms with Crippen molar-refractivity contribution in [2.45, 2.75) is 6.42 Å². The summed E-state index contributed by atoms with van der Waals surface area (Å²) in [5.41, 5.74) is 1.99. The third-order valence-corrected chi connectivity index (χ3v) is 3.16. The van der Waals surface area contributed by atoms with Crippen molar-refractivity contribution in [2.24, 2.45) is 0 Å². The Balaban J connectivity index is 2.00. The highest BCUT2D eigenvalue weighted by Crippen LogP contribution is 2.14. The first-order valence-electron chi connectivity index (χ1n) is 6.87. The molecule has 2 aromatic carbocycles. The van der Waals surface area contributed by atoms with E-state index in [1.54, 1.807) is 38.4 Å². The first-order valence-corrected chi connectivity index (χ1v) is 6.87. The predicted molar refractivity (Wildman–Crippen MR) is 85.2 cm³/mol. The lowest BCUT2D eigenvalue weighted by atomic mass is 10.1. The molecular formula is C17H18N2O3. The van der Waals surface area contributed by atoms with Gasteiger partial charge in [0.1, 0.15) is 5.75 Å². The van der Waals surface area contributed by atoms with E-state index in [4.69, 9.17) is 4.74 Å². The lowest BCUT2D eigenvalue weighted by molar-refractivity contribution is -0.115. The average molecular weight is 298 g/mol. The van der Waals surface area contributed by atoms with Crippen LogP contribution in [0.25, 0.3) is 0 Å². The monoisotopic (exact) mass is 298 g/mol. The second-order valence-electron chi connectivity index (χ2n) is 4.73. The number of carbonyl (C=O) groups is 2. The van der Waals surface area contributed by atoms with Crippen LogP contribution >= 0.6 is 0 Å². The number of methoxy groups -OCH3 is 1. The maximum atomic E-state index is 12.0. The minimum absolute atomic E-state index is 0.140. The van der Waals surface area contributed by atoms with Crippen molar-refractivity contribution in [1.82, 2.24) is 5.32 Å². The fraction of sp³-hybridized carbons (Fsp3) is 0.176. The molecule has 0 atom stereocenters. The van der Waals surface area contributed by atoms with Gasteiger partial charge in [0, 0.05) is 18.3 Å². The molecule has 0 aromatic heterocycles. The average Bonchev–Trinajstić information content (AvgIpc) is 2.55. The normalized spacial score (nSPS) is 9.91. The SMILES string of the molecule is CNC(=O)c1cccc(NC(=O)Cc2ccc(OC)cc2)c1. The first kappa shape index (κ1) is 15.6. The number of amides is 2. The van der Waals surface area contributed by atoms with Gasteiger partial charge in [0.15, 0.2) is 0 Å². The minimum atomic E-state index is -0.189. The standard InChI is InChI=1S/C17H18N2O3/c1-18-17(21)13-4-3-5-14(11-13)19-16(20)10-12-6-8-15(22-2)9-7-12/h3-9,11H,10H2,1-2H3,(H,18,21)(H,19,20). The zero-order valence-electron chi connectivity index (χ0n) is 12.6. The highest BCUT2D eigenvalue weighted by atomic mass is 16.5. The van der Waals surface area contributed by atoms with Crippen LogP contribution in [0, 0.1) is 0 Å². The maximum absolute atomic E-state index is 12.0. The summed E-state index contributed by atoms with van der Waals surface area (Å²) < 4.78 is 5.08. The molecule has 0 saturated carbocycles. The molecule has 0 aliphatic carbocycles. The smallest absolute Gasteiger partial charge is 0.251 e. The number of hydrogen-bond acceptors (Lipinski definition) is 3. The summed E-state index contributed by atoms with van der Waals surface area (Å²) in [6, 6.07) is 14.1. The Bertz CT molecular complexity index is 666. The van der Waals surface area contributed by atoms with Gasteiger partial charge in [-0.15, -0.1) is 0 Å². The van der Waals surface area contributed by atoms with Crippen LogP contribution in [0.2, 0.25) is 0 Å². The molecule has 0 radical (unpaired) electrons. The summed E-state index contributed by atoms with van der Waals surface area (Å²) >= 11 is 0. The first-order chi connectivity index (χ1) is 10.6. The van der Waals surface area contributed by atoms with Gasteiger partial charge in [-0.25, -0.2) is 0 Å². The fourth-order valence-electron chi connectivity index (χ4n) is 2.02. The second kappa shape index (κ2) is 7.26. The Morgan fingerprint density at radius 2 is 1.82 bits per heavy atom. The molecule has 0 aliphatic heterocycles. The Kier molecular flexibility index (Phi) is 5.14. The van der Waals surface area contributed by atoms with Gasteiger partial charge in [0.25, 0.3) is 5.91 Å². The molecule has 2 rings (SSSR count). The Hall–Kier alpha value is -2.82. The van der Waals surface area contributed by atoms with Crippen LogP contribution in [0.1, 0.15) is 15.9 Å². The van der Waals surface area contributed by atoms with E-state index in [1.807, 2.05) is 24.3 Å². The van der Waals surface area contributed by atoms with E-state index >= 15 is 0 Å². The summed E-state index contributed by atoms with van der Waals surface area (Å²) in [4.78, 5) is 23.6. The lowest BCUT2D eigenvalue weighted by Gasteiger charge is -2.07. The highest BCUT2D eigenvalue weighted by Gasteiger charge is 2.07. The highest BCUT2D eigenvalue weighted by molar-refractivity contribution is 5.97. The van der Waals surface area contributed by atoms with Crippen LogP contribution < -0.4 is 15.4 Å². The molecule has 2 amide bonds. The molecule has 0 bridgehead atoms. The topological polar surface area (TPSA) is 67.4 Å². The van der Waals surface area contributed by atoms with Crippen LogP contribution in [0.15, 0.2) is 48.5 Å². The zero-order valence-corrected chi connectivity index (χ0v) is 12.6. The minimum Gasteiger partial charge on any atom is -0.497 e. The molecule has 0 fully saturated rings. The molecule has 5 heteroatoms. The van der Waals surface area contributed by atoms with Crippen molar-refractivity contribution in [1.29, 1.82) is 0 Å². The molecule has 0 unspecified atom stereocenters. The summed E-state index contributed by atoms with van der Waals surface area (Å²) in [6.45, 7) is 0. The van der Waals surface area contributed by atoms with Gasteiger partial charge in [-0.3, -0.25) is 9.59 Å². The van der Waals surface area contributed by atoms with Gasteiger partial charge in [-0.05, 0) is 35.9 Å². The zero-order chi connectivity index (χ0) is 15.9. The Labute approximate surface area is 129 Å². The molecule has 0 heterocycles. The van der Waals surface area contributed by atoms with E-state index in [0.717, 1.165) is 11.3 Å².